The monoisotopic (exact) mass is 385 g/mol. The molecule has 3 aromatic rings. The molecule has 0 spiro atoms. The van der Waals surface area contributed by atoms with Gasteiger partial charge in [-0.05, 0) is 61.9 Å². The third kappa shape index (κ3) is 4.36. The Morgan fingerprint density at radius 1 is 1.33 bits per heavy atom. The Kier molecular flexibility index (Phi) is 5.60. The van der Waals surface area contributed by atoms with Gasteiger partial charge in [0.25, 0.3) is 5.91 Å². The van der Waals surface area contributed by atoms with Crippen LogP contribution in [0.3, 0.4) is 0 Å². The van der Waals surface area contributed by atoms with E-state index in [4.69, 9.17) is 9.26 Å². The maximum atomic E-state index is 12.7. The van der Waals surface area contributed by atoms with Gasteiger partial charge in [-0.2, -0.15) is 4.98 Å². The van der Waals surface area contributed by atoms with Gasteiger partial charge in [-0.1, -0.05) is 17.3 Å². The first kappa shape index (κ1) is 19.1. The first-order chi connectivity index (χ1) is 12.8. The molecule has 3 rings (SSSR count). The lowest BCUT2D eigenvalue weighted by Gasteiger charge is -2.22. The topological polar surface area (TPSA) is 68.5 Å². The average Bonchev–Trinajstić information content (AvgIpc) is 3.29. The third-order valence-electron chi connectivity index (χ3n) is 4.37. The van der Waals surface area contributed by atoms with Gasteiger partial charge in [0.05, 0.1) is 11.4 Å². The van der Waals surface area contributed by atoms with Crippen molar-refractivity contribution >= 4 is 17.2 Å². The molecule has 0 saturated heterocycles. The van der Waals surface area contributed by atoms with Crippen LogP contribution in [0.2, 0.25) is 0 Å². The quantitative estimate of drug-likeness (QED) is 0.638. The molecule has 142 valence electrons. The number of hydrogen-bond donors (Lipinski definition) is 0. The van der Waals surface area contributed by atoms with Crippen molar-refractivity contribution in [2.75, 3.05) is 7.05 Å². The number of thiophene rings is 1. The molecule has 0 N–H and O–H groups in total. The van der Waals surface area contributed by atoms with Gasteiger partial charge >= 0.3 is 0 Å². The molecule has 1 atom stereocenters. The van der Waals surface area contributed by atoms with Gasteiger partial charge in [0.1, 0.15) is 5.75 Å². The van der Waals surface area contributed by atoms with E-state index in [0.717, 1.165) is 27.3 Å². The molecular weight excluding hydrogens is 362 g/mol. The first-order valence-corrected chi connectivity index (χ1v) is 9.59. The molecule has 0 fully saturated rings. The molecular formula is C20H23N3O3S. The highest BCUT2D eigenvalue weighted by Gasteiger charge is 2.22. The summed E-state index contributed by atoms with van der Waals surface area (Å²) in [5, 5.41) is 5.92. The van der Waals surface area contributed by atoms with Gasteiger partial charge in [-0.15, -0.1) is 11.3 Å². The predicted octanol–water partition coefficient (Wildman–Crippen LogP) is 4.15. The second-order valence-corrected chi connectivity index (χ2v) is 7.60. The Morgan fingerprint density at radius 3 is 2.81 bits per heavy atom. The van der Waals surface area contributed by atoms with E-state index in [1.165, 1.54) is 16.2 Å². The summed E-state index contributed by atoms with van der Waals surface area (Å²) >= 11 is 1.54. The maximum Gasteiger partial charge on any atom is 0.263 e. The maximum absolute atomic E-state index is 12.7. The van der Waals surface area contributed by atoms with Crippen LogP contribution in [0.15, 0.2) is 34.2 Å². The Hall–Kier alpha value is -2.67. The minimum absolute atomic E-state index is 0.149. The van der Waals surface area contributed by atoms with Crippen molar-refractivity contribution in [3.63, 3.8) is 0 Å². The van der Waals surface area contributed by atoms with Crippen LogP contribution in [0.1, 0.15) is 29.5 Å². The number of carbonyl (C=O) groups is 1. The van der Waals surface area contributed by atoms with Gasteiger partial charge < -0.3 is 14.2 Å². The molecule has 2 aromatic heterocycles. The summed E-state index contributed by atoms with van der Waals surface area (Å²) in [6, 6.07) is 7.91. The van der Waals surface area contributed by atoms with Crippen LogP contribution in [0, 0.1) is 20.8 Å². The summed E-state index contributed by atoms with van der Waals surface area (Å²) in [6.45, 7) is 8.03. The Morgan fingerprint density at radius 2 is 2.11 bits per heavy atom. The molecule has 1 aromatic carbocycles. The van der Waals surface area contributed by atoms with Gasteiger partial charge in [-0.25, -0.2) is 0 Å². The fourth-order valence-electron chi connectivity index (χ4n) is 2.78. The number of likely N-dealkylation sites (N-methyl/N-ethyl adjacent to an activating group) is 1. The lowest BCUT2D eigenvalue weighted by atomic mass is 10.1. The van der Waals surface area contributed by atoms with E-state index in [-0.39, 0.29) is 12.5 Å². The van der Waals surface area contributed by atoms with Crippen LogP contribution in [-0.2, 0) is 11.3 Å². The number of carbonyl (C=O) groups excluding carboxylic acids is 1. The van der Waals surface area contributed by atoms with Crippen molar-refractivity contribution in [2.24, 2.45) is 0 Å². The van der Waals surface area contributed by atoms with E-state index < -0.39 is 6.10 Å². The van der Waals surface area contributed by atoms with Crippen LogP contribution < -0.4 is 4.74 Å². The van der Waals surface area contributed by atoms with Crippen molar-refractivity contribution < 1.29 is 14.1 Å². The summed E-state index contributed by atoms with van der Waals surface area (Å²) in [5.41, 5.74) is 3.29. The zero-order valence-corrected chi connectivity index (χ0v) is 17.0. The fraction of sp³-hybridized carbons (Fsp3) is 0.350. The molecule has 0 aliphatic carbocycles. The lowest BCUT2D eigenvalue weighted by Crippen LogP contribution is -2.37. The Balaban J connectivity index is 1.65. The highest BCUT2D eigenvalue weighted by Crippen LogP contribution is 2.25. The van der Waals surface area contributed by atoms with Gasteiger partial charge in [0.2, 0.25) is 11.7 Å². The van der Waals surface area contributed by atoms with Crippen LogP contribution >= 0.6 is 11.3 Å². The third-order valence-corrected chi connectivity index (χ3v) is 5.24. The SMILES string of the molecule is Cc1cc(C)c(C)c(OC(C)C(=O)N(C)Cc2nc(-c3cccs3)no2)c1. The molecule has 27 heavy (non-hydrogen) atoms. The van der Waals surface area contributed by atoms with E-state index in [0.29, 0.717) is 11.7 Å². The highest BCUT2D eigenvalue weighted by atomic mass is 32.1. The zero-order valence-electron chi connectivity index (χ0n) is 16.1. The van der Waals surface area contributed by atoms with E-state index in [9.17, 15) is 4.79 Å². The van der Waals surface area contributed by atoms with Gasteiger partial charge in [-0.3, -0.25) is 4.79 Å². The molecule has 0 saturated carbocycles. The van der Waals surface area contributed by atoms with E-state index in [1.54, 1.807) is 14.0 Å². The van der Waals surface area contributed by atoms with E-state index >= 15 is 0 Å². The summed E-state index contributed by atoms with van der Waals surface area (Å²) in [7, 11) is 1.70. The predicted molar refractivity (Wildman–Crippen MR) is 105 cm³/mol. The molecule has 7 heteroatoms. The number of amides is 1. The molecule has 6 nitrogen and oxygen atoms in total. The summed E-state index contributed by atoms with van der Waals surface area (Å²) in [6.07, 6.45) is -0.616. The molecule has 1 unspecified atom stereocenters. The number of rotatable bonds is 6. The van der Waals surface area contributed by atoms with Crippen LogP contribution in [-0.4, -0.2) is 34.1 Å². The van der Waals surface area contributed by atoms with Gasteiger partial charge in [0, 0.05) is 7.05 Å². The Bertz CT molecular complexity index is 934. The van der Waals surface area contributed by atoms with Crippen LogP contribution in [0.5, 0.6) is 5.75 Å². The van der Waals surface area contributed by atoms with Crippen molar-refractivity contribution in [3.8, 4) is 16.5 Å². The molecule has 0 aliphatic heterocycles. The number of benzene rings is 1. The van der Waals surface area contributed by atoms with Crippen molar-refractivity contribution in [2.45, 2.75) is 40.3 Å². The molecule has 0 radical (unpaired) electrons. The second kappa shape index (κ2) is 7.92. The van der Waals surface area contributed by atoms with Crippen LogP contribution in [0.25, 0.3) is 10.7 Å². The van der Waals surface area contributed by atoms with Crippen LogP contribution in [0.4, 0.5) is 0 Å². The van der Waals surface area contributed by atoms with Gasteiger partial charge in [0.15, 0.2) is 6.10 Å². The highest BCUT2D eigenvalue weighted by molar-refractivity contribution is 7.13. The van der Waals surface area contributed by atoms with Crippen molar-refractivity contribution in [1.82, 2.24) is 15.0 Å². The summed E-state index contributed by atoms with van der Waals surface area (Å²) in [5.74, 6) is 1.52. The average molecular weight is 385 g/mol. The molecule has 0 bridgehead atoms. The minimum atomic E-state index is -0.616. The Labute approximate surface area is 162 Å². The molecule has 2 heterocycles. The molecule has 1 amide bonds. The zero-order chi connectivity index (χ0) is 19.6. The van der Waals surface area contributed by atoms with Crippen molar-refractivity contribution in [3.05, 3.63) is 52.2 Å². The number of hydrogen-bond acceptors (Lipinski definition) is 6. The second-order valence-electron chi connectivity index (χ2n) is 6.65. The first-order valence-electron chi connectivity index (χ1n) is 8.71. The van der Waals surface area contributed by atoms with E-state index in [2.05, 4.69) is 16.2 Å². The number of ether oxygens (including phenoxy) is 1. The number of aryl methyl sites for hydroxylation is 2. The number of nitrogens with zero attached hydrogens (tertiary/aromatic N) is 3. The van der Waals surface area contributed by atoms with E-state index in [1.807, 2.05) is 44.4 Å². The largest absolute Gasteiger partial charge is 0.481 e. The molecule has 0 aliphatic rings. The lowest BCUT2D eigenvalue weighted by molar-refractivity contribution is -0.137. The van der Waals surface area contributed by atoms with Crippen molar-refractivity contribution in [1.29, 1.82) is 0 Å². The summed E-state index contributed by atoms with van der Waals surface area (Å²) < 4.78 is 11.2. The minimum Gasteiger partial charge on any atom is -0.481 e. The fourth-order valence-corrected chi connectivity index (χ4v) is 3.43. The normalized spacial score (nSPS) is 12.0. The standard InChI is InChI=1S/C20H23N3O3S/c1-12-9-13(2)14(3)16(10-12)25-15(4)20(24)23(5)11-18-21-19(22-26-18)17-7-6-8-27-17/h6-10,15H,11H2,1-5H3. The number of aromatic nitrogens is 2. The summed E-state index contributed by atoms with van der Waals surface area (Å²) in [4.78, 5) is 19.5. The smallest absolute Gasteiger partial charge is 0.263 e.